The first-order chi connectivity index (χ1) is 18.8. The highest BCUT2D eigenvalue weighted by Crippen LogP contribution is 2.48. The fraction of sp³-hybridized carbons (Fsp3) is 0.143. The molecule has 2 aromatic heterocycles. The van der Waals surface area contributed by atoms with E-state index in [1.807, 2.05) is 63.4 Å². The molecule has 5 aromatic rings. The van der Waals surface area contributed by atoms with E-state index in [1.54, 1.807) is 23.1 Å². The standard InChI is InChI=1S/C28H22N2O5S4/c31-27(32)17-30-26(38-24-11-8-18-5-1-2-6-20(18)28(24)30)16-25-29(12-4-14-39(33,34)35)21-15-19(9-10-23(21)37-25)22-7-3-13-36-22/h1-3,5-11,13,15-16H,4,12,14,17H2,(H-,31,32,33,34,35). The van der Waals surface area contributed by atoms with E-state index in [-0.39, 0.29) is 13.0 Å². The van der Waals surface area contributed by atoms with Gasteiger partial charge in [0.25, 0.3) is 5.01 Å². The number of benzene rings is 3. The van der Waals surface area contributed by atoms with Gasteiger partial charge in [-0.05, 0) is 53.1 Å². The van der Waals surface area contributed by atoms with Crippen molar-refractivity contribution in [1.29, 1.82) is 0 Å². The Hall–Kier alpha value is -3.22. The summed E-state index contributed by atoms with van der Waals surface area (Å²) >= 11 is 4.71. The summed E-state index contributed by atoms with van der Waals surface area (Å²) < 4.78 is 36.8. The highest BCUT2D eigenvalue weighted by Gasteiger charge is 2.30. The fourth-order valence-corrected chi connectivity index (χ4v) is 8.32. The molecule has 11 heteroatoms. The molecule has 0 saturated heterocycles. The maximum Gasteiger partial charge on any atom is 0.370 e. The van der Waals surface area contributed by atoms with Gasteiger partial charge in [0.05, 0.1) is 32.3 Å². The molecule has 6 rings (SSSR count). The van der Waals surface area contributed by atoms with Gasteiger partial charge in [0, 0.05) is 22.1 Å². The Morgan fingerprint density at radius 3 is 2.69 bits per heavy atom. The van der Waals surface area contributed by atoms with Crippen molar-refractivity contribution in [2.24, 2.45) is 0 Å². The van der Waals surface area contributed by atoms with Gasteiger partial charge in [-0.25, -0.2) is 13.2 Å². The largest absolute Gasteiger partial charge is 0.748 e. The lowest BCUT2D eigenvalue weighted by atomic mass is 10.1. The summed E-state index contributed by atoms with van der Waals surface area (Å²) in [6.45, 7) is 0.148. The SMILES string of the molecule is O=C(O)C[n+]1c(C=C2Sc3ccc(-c4cccs4)cc3N2CCCS(=O)(=O)[O-])sc2ccc3ccccc3c21. The molecule has 0 aliphatic carbocycles. The summed E-state index contributed by atoms with van der Waals surface area (Å²) in [4.78, 5) is 16.1. The third-order valence-corrected chi connectivity index (χ3v) is 10.4. The molecule has 3 heterocycles. The van der Waals surface area contributed by atoms with Gasteiger partial charge < -0.3 is 14.6 Å². The van der Waals surface area contributed by atoms with Crippen LogP contribution in [0.4, 0.5) is 5.69 Å². The summed E-state index contributed by atoms with van der Waals surface area (Å²) in [6.07, 6.45) is 2.15. The van der Waals surface area contributed by atoms with Crippen LogP contribution in [0.2, 0.25) is 0 Å². The lowest BCUT2D eigenvalue weighted by Crippen LogP contribution is -2.39. The highest BCUT2D eigenvalue weighted by molar-refractivity contribution is 8.03. The number of thioether (sulfide) groups is 1. The quantitative estimate of drug-likeness (QED) is 0.174. The number of thiazole rings is 1. The van der Waals surface area contributed by atoms with E-state index < -0.39 is 21.8 Å². The first-order valence-electron chi connectivity index (χ1n) is 12.1. The van der Waals surface area contributed by atoms with E-state index in [4.69, 9.17) is 0 Å². The predicted molar refractivity (Wildman–Crippen MR) is 157 cm³/mol. The van der Waals surface area contributed by atoms with Gasteiger partial charge in [-0.1, -0.05) is 59.5 Å². The molecule has 1 aliphatic heterocycles. The number of carboxylic acid groups (broad SMARTS) is 1. The summed E-state index contributed by atoms with van der Waals surface area (Å²) in [6, 6.07) is 22.2. The Balaban J connectivity index is 1.47. The maximum atomic E-state index is 11.9. The second-order valence-electron chi connectivity index (χ2n) is 9.07. The smallest absolute Gasteiger partial charge is 0.370 e. The summed E-state index contributed by atoms with van der Waals surface area (Å²) in [5.74, 6) is -1.39. The zero-order valence-corrected chi connectivity index (χ0v) is 23.7. The molecular weight excluding hydrogens is 573 g/mol. The van der Waals surface area contributed by atoms with E-state index in [0.29, 0.717) is 6.54 Å². The number of hydrogen-bond donors (Lipinski definition) is 1. The van der Waals surface area contributed by atoms with Crippen molar-refractivity contribution in [3.8, 4) is 10.4 Å². The van der Waals surface area contributed by atoms with Crippen LogP contribution < -0.4 is 9.47 Å². The van der Waals surface area contributed by atoms with Crippen molar-refractivity contribution in [2.75, 3.05) is 17.2 Å². The molecule has 1 aliphatic rings. The lowest BCUT2D eigenvalue weighted by molar-refractivity contribution is -0.656. The Bertz CT molecular complexity index is 1860. The number of rotatable bonds is 8. The number of hydrogen-bond acceptors (Lipinski definition) is 8. The van der Waals surface area contributed by atoms with Crippen LogP contribution in [0.25, 0.3) is 37.5 Å². The summed E-state index contributed by atoms with van der Waals surface area (Å²) in [5, 5.41) is 15.4. The third kappa shape index (κ3) is 5.32. The van der Waals surface area contributed by atoms with Crippen LogP contribution in [0.15, 0.2) is 82.0 Å². The highest BCUT2D eigenvalue weighted by atomic mass is 32.2. The molecule has 0 spiro atoms. The molecule has 39 heavy (non-hydrogen) atoms. The monoisotopic (exact) mass is 594 g/mol. The Morgan fingerprint density at radius 2 is 1.92 bits per heavy atom. The molecule has 7 nitrogen and oxygen atoms in total. The molecule has 3 aromatic carbocycles. The Morgan fingerprint density at radius 1 is 1.08 bits per heavy atom. The van der Waals surface area contributed by atoms with Crippen LogP contribution in [-0.4, -0.2) is 36.3 Å². The van der Waals surface area contributed by atoms with Crippen LogP contribution in [0.1, 0.15) is 11.4 Å². The fourth-order valence-electron chi connectivity index (χ4n) is 4.81. The number of anilines is 1. The number of nitrogens with zero attached hydrogens (tertiary/aromatic N) is 2. The average Bonchev–Trinajstić information content (AvgIpc) is 3.62. The lowest BCUT2D eigenvalue weighted by Gasteiger charge is -2.21. The second-order valence-corrected chi connectivity index (χ2v) is 13.7. The van der Waals surface area contributed by atoms with Crippen molar-refractivity contribution in [3.05, 3.63) is 82.1 Å². The molecule has 0 saturated carbocycles. The van der Waals surface area contributed by atoms with Crippen molar-refractivity contribution in [3.63, 3.8) is 0 Å². The predicted octanol–water partition coefficient (Wildman–Crippen LogP) is 6.00. The first kappa shape index (κ1) is 26.0. The zero-order valence-electron chi connectivity index (χ0n) is 20.4. The number of aliphatic carboxylic acids is 1. The number of aromatic nitrogens is 1. The van der Waals surface area contributed by atoms with E-state index in [2.05, 4.69) is 24.3 Å². The average molecular weight is 595 g/mol. The third-order valence-electron chi connectivity index (χ3n) is 6.47. The number of carbonyl (C=O) groups is 1. The molecule has 0 fully saturated rings. The van der Waals surface area contributed by atoms with Gasteiger partial charge in [-0.3, -0.25) is 0 Å². The molecule has 0 radical (unpaired) electrons. The van der Waals surface area contributed by atoms with Gasteiger partial charge in [0.15, 0.2) is 0 Å². The minimum atomic E-state index is -4.34. The molecule has 0 atom stereocenters. The Labute approximate surface area is 237 Å². The second kappa shape index (κ2) is 10.4. The molecule has 0 amide bonds. The van der Waals surface area contributed by atoms with Gasteiger partial charge in [-0.15, -0.1) is 11.3 Å². The van der Waals surface area contributed by atoms with Gasteiger partial charge >= 0.3 is 5.97 Å². The van der Waals surface area contributed by atoms with Crippen LogP contribution in [0.3, 0.4) is 0 Å². The number of thiophene rings is 1. The van der Waals surface area contributed by atoms with Crippen molar-refractivity contribution in [2.45, 2.75) is 17.9 Å². The normalized spacial score (nSPS) is 14.5. The van der Waals surface area contributed by atoms with E-state index in [1.165, 1.54) is 11.3 Å². The van der Waals surface area contributed by atoms with Crippen LogP contribution >= 0.6 is 34.4 Å². The molecule has 0 unspecified atom stereocenters. The van der Waals surface area contributed by atoms with Gasteiger partial charge in [0.2, 0.25) is 12.1 Å². The summed E-state index contributed by atoms with van der Waals surface area (Å²) in [5.41, 5.74) is 2.87. The summed E-state index contributed by atoms with van der Waals surface area (Å²) in [7, 11) is -4.34. The maximum absolute atomic E-state index is 11.9. The molecule has 1 N–H and O–H groups in total. The zero-order chi connectivity index (χ0) is 27.1. The molecular formula is C28H22N2O5S4. The van der Waals surface area contributed by atoms with Crippen molar-refractivity contribution < 1.29 is 27.4 Å². The minimum Gasteiger partial charge on any atom is -0.748 e. The molecule has 198 valence electrons. The van der Waals surface area contributed by atoms with Gasteiger partial charge in [0.1, 0.15) is 4.70 Å². The molecule has 0 bridgehead atoms. The van der Waals surface area contributed by atoms with Crippen molar-refractivity contribution in [1.82, 2.24) is 0 Å². The van der Waals surface area contributed by atoms with Crippen LogP contribution in [0, 0.1) is 0 Å². The van der Waals surface area contributed by atoms with E-state index in [0.717, 1.165) is 52.0 Å². The van der Waals surface area contributed by atoms with Crippen LogP contribution in [-0.2, 0) is 21.5 Å². The van der Waals surface area contributed by atoms with Crippen LogP contribution in [0.5, 0.6) is 0 Å². The number of carboxylic acids is 1. The first-order valence-corrected chi connectivity index (χ1v) is 16.2. The van der Waals surface area contributed by atoms with Crippen molar-refractivity contribution >= 4 is 83.3 Å². The minimum absolute atomic E-state index is 0.179. The topological polar surface area (TPSA) is 102 Å². The number of fused-ring (bicyclic) bond motifs is 4. The van der Waals surface area contributed by atoms with E-state index in [9.17, 15) is 22.9 Å². The Kier molecular flexibility index (Phi) is 6.94. The van der Waals surface area contributed by atoms with E-state index >= 15 is 0 Å². The van der Waals surface area contributed by atoms with Gasteiger partial charge in [-0.2, -0.15) is 4.57 Å².